The number of methoxy groups -OCH3 is 1. The van der Waals surface area contributed by atoms with Crippen LogP contribution in [0.2, 0.25) is 0 Å². The SMILES string of the molecule is COC(=O)Nc1cccc(NC(C)c2cccc(O)c2)c1. The number of aromatic hydroxyl groups is 1. The molecule has 2 aromatic carbocycles. The van der Waals surface area contributed by atoms with Gasteiger partial charge in [0.05, 0.1) is 7.11 Å². The Labute approximate surface area is 123 Å². The van der Waals surface area contributed by atoms with Gasteiger partial charge in [0.25, 0.3) is 0 Å². The van der Waals surface area contributed by atoms with Gasteiger partial charge in [-0.15, -0.1) is 0 Å². The molecule has 1 unspecified atom stereocenters. The van der Waals surface area contributed by atoms with E-state index in [2.05, 4.69) is 15.4 Å². The summed E-state index contributed by atoms with van der Waals surface area (Å²) in [6, 6.07) is 14.4. The summed E-state index contributed by atoms with van der Waals surface area (Å²) in [7, 11) is 1.32. The second-order valence-electron chi connectivity index (χ2n) is 4.66. The van der Waals surface area contributed by atoms with E-state index in [1.54, 1.807) is 24.3 Å². The number of carbonyl (C=O) groups is 1. The zero-order chi connectivity index (χ0) is 15.2. The first kappa shape index (κ1) is 14.7. The largest absolute Gasteiger partial charge is 0.508 e. The number of anilines is 2. The highest BCUT2D eigenvalue weighted by atomic mass is 16.5. The van der Waals surface area contributed by atoms with E-state index in [1.165, 1.54) is 7.11 Å². The van der Waals surface area contributed by atoms with Crippen molar-refractivity contribution in [3.8, 4) is 5.75 Å². The van der Waals surface area contributed by atoms with Crippen LogP contribution >= 0.6 is 0 Å². The molecule has 0 aliphatic carbocycles. The lowest BCUT2D eigenvalue weighted by atomic mass is 10.1. The number of phenolic OH excluding ortho intramolecular Hbond substituents is 1. The van der Waals surface area contributed by atoms with Crippen LogP contribution in [-0.2, 0) is 4.74 Å². The maximum absolute atomic E-state index is 11.2. The van der Waals surface area contributed by atoms with Crippen molar-refractivity contribution in [1.82, 2.24) is 0 Å². The Hall–Kier alpha value is -2.69. The summed E-state index contributed by atoms with van der Waals surface area (Å²) in [5.74, 6) is 0.238. The minimum atomic E-state index is -0.506. The Morgan fingerprint density at radius 3 is 2.57 bits per heavy atom. The van der Waals surface area contributed by atoms with E-state index in [-0.39, 0.29) is 11.8 Å². The number of nitrogens with one attached hydrogen (secondary N) is 2. The van der Waals surface area contributed by atoms with E-state index in [0.717, 1.165) is 11.3 Å². The first-order chi connectivity index (χ1) is 10.1. The zero-order valence-electron chi connectivity index (χ0n) is 12.0. The summed E-state index contributed by atoms with van der Waals surface area (Å²) in [4.78, 5) is 11.2. The summed E-state index contributed by atoms with van der Waals surface area (Å²) in [6.45, 7) is 2.00. The predicted octanol–water partition coefficient (Wildman–Crippen LogP) is 3.74. The number of benzene rings is 2. The Morgan fingerprint density at radius 2 is 1.86 bits per heavy atom. The van der Waals surface area contributed by atoms with Crippen LogP contribution in [0, 0.1) is 0 Å². The van der Waals surface area contributed by atoms with E-state index in [1.807, 2.05) is 31.2 Å². The highest BCUT2D eigenvalue weighted by molar-refractivity contribution is 5.85. The molecule has 0 fully saturated rings. The lowest BCUT2D eigenvalue weighted by Crippen LogP contribution is -2.11. The number of hydrogen-bond donors (Lipinski definition) is 3. The van der Waals surface area contributed by atoms with Gasteiger partial charge in [-0.25, -0.2) is 4.79 Å². The monoisotopic (exact) mass is 286 g/mol. The number of carbonyl (C=O) groups excluding carboxylic acids is 1. The van der Waals surface area contributed by atoms with Gasteiger partial charge < -0.3 is 15.2 Å². The predicted molar refractivity (Wildman–Crippen MR) is 82.6 cm³/mol. The van der Waals surface area contributed by atoms with Crippen molar-refractivity contribution in [3.05, 3.63) is 54.1 Å². The van der Waals surface area contributed by atoms with Gasteiger partial charge in [-0.3, -0.25) is 5.32 Å². The average molecular weight is 286 g/mol. The molecule has 3 N–H and O–H groups in total. The fourth-order valence-corrected chi connectivity index (χ4v) is 1.98. The quantitative estimate of drug-likeness (QED) is 0.800. The number of hydrogen-bond acceptors (Lipinski definition) is 4. The second kappa shape index (κ2) is 6.65. The van der Waals surface area contributed by atoms with E-state index in [9.17, 15) is 9.90 Å². The van der Waals surface area contributed by atoms with Crippen LogP contribution in [0.25, 0.3) is 0 Å². The van der Waals surface area contributed by atoms with Crippen LogP contribution in [0.1, 0.15) is 18.5 Å². The van der Waals surface area contributed by atoms with Crippen molar-refractivity contribution in [1.29, 1.82) is 0 Å². The van der Waals surface area contributed by atoms with Gasteiger partial charge in [0.15, 0.2) is 0 Å². The molecule has 0 bridgehead atoms. The lowest BCUT2D eigenvalue weighted by Gasteiger charge is -2.16. The molecule has 0 saturated carbocycles. The van der Waals surface area contributed by atoms with E-state index in [0.29, 0.717) is 5.69 Å². The third-order valence-corrected chi connectivity index (χ3v) is 3.05. The molecule has 1 atom stereocenters. The topological polar surface area (TPSA) is 70.6 Å². The zero-order valence-corrected chi connectivity index (χ0v) is 12.0. The Bertz CT molecular complexity index is 628. The van der Waals surface area contributed by atoms with E-state index in [4.69, 9.17) is 0 Å². The molecule has 1 amide bonds. The summed E-state index contributed by atoms with van der Waals surface area (Å²) >= 11 is 0. The van der Waals surface area contributed by atoms with E-state index >= 15 is 0 Å². The molecule has 0 aromatic heterocycles. The third kappa shape index (κ3) is 4.14. The van der Waals surface area contributed by atoms with Crippen molar-refractivity contribution in [2.45, 2.75) is 13.0 Å². The molecular weight excluding hydrogens is 268 g/mol. The van der Waals surface area contributed by atoms with Crippen LogP contribution in [0.4, 0.5) is 16.2 Å². The molecule has 110 valence electrons. The summed E-state index contributed by atoms with van der Waals surface area (Å²) in [6.07, 6.45) is -0.506. The van der Waals surface area contributed by atoms with Crippen LogP contribution in [-0.4, -0.2) is 18.3 Å². The van der Waals surface area contributed by atoms with Gasteiger partial charge in [0.2, 0.25) is 0 Å². The van der Waals surface area contributed by atoms with Gasteiger partial charge >= 0.3 is 6.09 Å². The van der Waals surface area contributed by atoms with Crippen molar-refractivity contribution in [3.63, 3.8) is 0 Å². The molecule has 0 saturated heterocycles. The molecule has 5 nitrogen and oxygen atoms in total. The molecule has 2 aromatic rings. The smallest absolute Gasteiger partial charge is 0.411 e. The number of rotatable bonds is 4. The molecule has 21 heavy (non-hydrogen) atoms. The van der Waals surface area contributed by atoms with Crippen molar-refractivity contribution in [2.75, 3.05) is 17.7 Å². The van der Waals surface area contributed by atoms with Gasteiger partial charge in [-0.2, -0.15) is 0 Å². The van der Waals surface area contributed by atoms with Crippen LogP contribution in [0.3, 0.4) is 0 Å². The Morgan fingerprint density at radius 1 is 1.14 bits per heavy atom. The third-order valence-electron chi connectivity index (χ3n) is 3.05. The van der Waals surface area contributed by atoms with E-state index < -0.39 is 6.09 Å². The van der Waals surface area contributed by atoms with Crippen LogP contribution in [0.5, 0.6) is 5.75 Å². The minimum absolute atomic E-state index is 0.0190. The Kier molecular flexibility index (Phi) is 4.66. The molecular formula is C16H18N2O3. The molecule has 2 rings (SSSR count). The second-order valence-corrected chi connectivity index (χ2v) is 4.66. The summed E-state index contributed by atoms with van der Waals surface area (Å²) in [5.41, 5.74) is 2.48. The van der Waals surface area contributed by atoms with Gasteiger partial charge in [-0.05, 0) is 42.8 Å². The minimum Gasteiger partial charge on any atom is -0.508 e. The normalized spacial score (nSPS) is 11.5. The fourth-order valence-electron chi connectivity index (χ4n) is 1.98. The van der Waals surface area contributed by atoms with Crippen LogP contribution in [0.15, 0.2) is 48.5 Å². The van der Waals surface area contributed by atoms with Crippen molar-refractivity contribution in [2.24, 2.45) is 0 Å². The molecule has 0 aliphatic rings. The summed E-state index contributed by atoms with van der Waals surface area (Å²) in [5, 5.41) is 15.4. The maximum Gasteiger partial charge on any atom is 0.411 e. The van der Waals surface area contributed by atoms with Crippen molar-refractivity contribution >= 4 is 17.5 Å². The maximum atomic E-state index is 11.2. The fraction of sp³-hybridized carbons (Fsp3) is 0.188. The first-order valence-corrected chi connectivity index (χ1v) is 6.59. The standard InChI is InChI=1S/C16H18N2O3/c1-11(12-5-3-8-15(19)9-12)17-13-6-4-7-14(10-13)18-16(20)21-2/h3-11,17,19H,1-2H3,(H,18,20). The lowest BCUT2D eigenvalue weighted by molar-refractivity contribution is 0.187. The molecule has 5 heteroatoms. The van der Waals surface area contributed by atoms with Crippen molar-refractivity contribution < 1.29 is 14.6 Å². The van der Waals surface area contributed by atoms with Gasteiger partial charge in [-0.1, -0.05) is 18.2 Å². The first-order valence-electron chi connectivity index (χ1n) is 6.59. The molecule has 0 radical (unpaired) electrons. The molecule has 0 heterocycles. The number of amides is 1. The number of phenols is 1. The molecule has 0 spiro atoms. The highest BCUT2D eigenvalue weighted by Gasteiger charge is 2.07. The van der Waals surface area contributed by atoms with Gasteiger partial charge in [0.1, 0.15) is 5.75 Å². The highest BCUT2D eigenvalue weighted by Crippen LogP contribution is 2.23. The average Bonchev–Trinajstić information content (AvgIpc) is 2.47. The molecule has 0 aliphatic heterocycles. The van der Waals surface area contributed by atoms with Gasteiger partial charge in [0, 0.05) is 17.4 Å². The summed E-state index contributed by atoms with van der Waals surface area (Å²) < 4.78 is 4.56. The Balaban J connectivity index is 2.08. The van der Waals surface area contributed by atoms with Crippen LogP contribution < -0.4 is 10.6 Å². The number of ether oxygens (including phenoxy) is 1.